The highest BCUT2D eigenvalue weighted by atomic mass is 31.2. The lowest BCUT2D eigenvalue weighted by molar-refractivity contribution is 0.397. The van der Waals surface area contributed by atoms with E-state index in [1.54, 1.807) is 7.11 Å². The third-order valence-corrected chi connectivity index (χ3v) is 11.1. The molecule has 1 atom stereocenters. The zero-order valence-electron chi connectivity index (χ0n) is 17.0. The number of rotatable bonds is 5. The highest BCUT2D eigenvalue weighted by molar-refractivity contribution is 7.84. The summed E-state index contributed by atoms with van der Waals surface area (Å²) in [6.45, 7) is 11.8. The van der Waals surface area contributed by atoms with Crippen molar-refractivity contribution in [2.24, 2.45) is 5.92 Å². The van der Waals surface area contributed by atoms with Crippen LogP contribution in [-0.4, -0.2) is 24.8 Å². The lowest BCUT2D eigenvalue weighted by Gasteiger charge is -2.35. The number of methoxy groups -OCH3 is 1. The molecule has 0 spiro atoms. The molecule has 2 aromatic rings. The summed E-state index contributed by atoms with van der Waals surface area (Å²) in [5.74, 6) is 2.72. The van der Waals surface area contributed by atoms with Gasteiger partial charge in [0.05, 0.1) is 25.7 Å². The number of ether oxygens (including phenoxy) is 2. The maximum absolute atomic E-state index is 6.32. The molecule has 1 aliphatic rings. The lowest BCUT2D eigenvalue weighted by atomic mass is 10.0. The lowest BCUT2D eigenvalue weighted by Crippen LogP contribution is -2.31. The van der Waals surface area contributed by atoms with Crippen LogP contribution in [-0.2, 0) is 0 Å². The molecular formula is C23H32O2P+. The van der Waals surface area contributed by atoms with E-state index in [0.29, 0.717) is 5.92 Å². The Labute approximate surface area is 159 Å². The maximum Gasteiger partial charge on any atom is 0.201 e. The van der Waals surface area contributed by atoms with Crippen LogP contribution in [0.1, 0.15) is 41.0 Å². The molecule has 1 aliphatic heterocycles. The van der Waals surface area contributed by atoms with Crippen LogP contribution >= 0.6 is 7.26 Å². The Hall–Kier alpha value is -1.53. The summed E-state index contributed by atoms with van der Waals surface area (Å²) in [5.41, 5.74) is 2.47. The van der Waals surface area contributed by atoms with Crippen LogP contribution in [0.4, 0.5) is 0 Å². The molecule has 140 valence electrons. The van der Waals surface area contributed by atoms with E-state index >= 15 is 0 Å². The first kappa shape index (κ1) is 19.2. The molecule has 0 aliphatic carbocycles. The van der Waals surface area contributed by atoms with Crippen molar-refractivity contribution in [3.8, 4) is 22.6 Å². The number of para-hydroxylation sites is 1. The Balaban J connectivity index is 2.22. The molecule has 0 saturated heterocycles. The minimum atomic E-state index is -1.49. The Bertz CT molecular complexity index is 776. The van der Waals surface area contributed by atoms with Crippen LogP contribution < -0.4 is 14.8 Å². The van der Waals surface area contributed by atoms with Crippen molar-refractivity contribution in [2.45, 2.75) is 46.2 Å². The van der Waals surface area contributed by atoms with E-state index in [1.807, 2.05) is 6.07 Å². The molecule has 0 radical (unpaired) electrons. The number of benzene rings is 2. The van der Waals surface area contributed by atoms with Gasteiger partial charge in [-0.3, -0.25) is 0 Å². The fraction of sp³-hybridized carbons (Fsp3) is 0.478. The molecule has 0 bridgehead atoms. The average Bonchev–Trinajstić information content (AvgIpc) is 3.00. The van der Waals surface area contributed by atoms with Crippen molar-refractivity contribution >= 4 is 12.6 Å². The van der Waals surface area contributed by atoms with Crippen LogP contribution in [0.2, 0.25) is 0 Å². The minimum Gasteiger partial charge on any atom is -0.496 e. The third-order valence-electron chi connectivity index (χ3n) is 5.64. The van der Waals surface area contributed by atoms with E-state index in [0.717, 1.165) is 17.8 Å². The molecule has 0 N–H and O–H groups in total. The van der Waals surface area contributed by atoms with Gasteiger partial charge in [0.15, 0.2) is 5.75 Å². The molecule has 2 aromatic carbocycles. The highest BCUT2D eigenvalue weighted by Gasteiger charge is 2.58. The van der Waals surface area contributed by atoms with Gasteiger partial charge in [0, 0.05) is 11.1 Å². The van der Waals surface area contributed by atoms with Crippen molar-refractivity contribution in [2.75, 3.05) is 19.6 Å². The second-order valence-corrected chi connectivity index (χ2v) is 13.1. The summed E-state index contributed by atoms with van der Waals surface area (Å²) in [4.78, 5) is 0. The van der Waals surface area contributed by atoms with Gasteiger partial charge in [0.1, 0.15) is 11.1 Å². The van der Waals surface area contributed by atoms with Crippen molar-refractivity contribution < 1.29 is 9.47 Å². The molecule has 0 saturated carbocycles. The first-order chi connectivity index (χ1) is 12.3. The fourth-order valence-corrected chi connectivity index (χ4v) is 8.67. The van der Waals surface area contributed by atoms with E-state index in [9.17, 15) is 0 Å². The monoisotopic (exact) mass is 371 g/mol. The minimum absolute atomic E-state index is 0.214. The van der Waals surface area contributed by atoms with Gasteiger partial charge in [-0.15, -0.1) is 0 Å². The summed E-state index contributed by atoms with van der Waals surface area (Å²) in [5, 5.41) is 1.68. The van der Waals surface area contributed by atoms with Crippen LogP contribution in [0.3, 0.4) is 0 Å². The van der Waals surface area contributed by atoms with E-state index in [-0.39, 0.29) is 5.16 Å². The van der Waals surface area contributed by atoms with Gasteiger partial charge in [0.25, 0.3) is 0 Å². The van der Waals surface area contributed by atoms with Crippen molar-refractivity contribution in [1.82, 2.24) is 0 Å². The van der Waals surface area contributed by atoms with Crippen LogP contribution in [0.5, 0.6) is 11.5 Å². The van der Waals surface area contributed by atoms with Gasteiger partial charge in [-0.25, -0.2) is 0 Å². The van der Waals surface area contributed by atoms with E-state index in [2.05, 4.69) is 71.0 Å². The second-order valence-electron chi connectivity index (χ2n) is 8.67. The summed E-state index contributed by atoms with van der Waals surface area (Å²) in [6.07, 6.45) is 3.35. The fourth-order valence-electron chi connectivity index (χ4n) is 3.93. The molecule has 0 amide bonds. The Kier molecular flexibility index (Phi) is 5.35. The highest BCUT2D eigenvalue weighted by Crippen LogP contribution is 2.73. The smallest absolute Gasteiger partial charge is 0.201 e. The number of hydrogen-bond acceptors (Lipinski definition) is 2. The Morgan fingerprint density at radius 2 is 1.73 bits per heavy atom. The molecule has 26 heavy (non-hydrogen) atoms. The van der Waals surface area contributed by atoms with Gasteiger partial charge < -0.3 is 9.47 Å². The summed E-state index contributed by atoms with van der Waals surface area (Å²) < 4.78 is 12.0. The van der Waals surface area contributed by atoms with E-state index < -0.39 is 7.26 Å². The Morgan fingerprint density at radius 1 is 1.04 bits per heavy atom. The van der Waals surface area contributed by atoms with Gasteiger partial charge in [-0.2, -0.15) is 0 Å². The van der Waals surface area contributed by atoms with E-state index in [4.69, 9.17) is 9.47 Å². The molecule has 3 heteroatoms. The third kappa shape index (κ3) is 3.25. The van der Waals surface area contributed by atoms with Crippen LogP contribution in [0.15, 0.2) is 42.5 Å². The summed E-state index contributed by atoms with van der Waals surface area (Å²) in [6, 6.07) is 14.9. The molecule has 1 unspecified atom stereocenters. The quantitative estimate of drug-likeness (QED) is 0.583. The summed E-state index contributed by atoms with van der Waals surface area (Å²) in [7, 11) is 0.268. The van der Waals surface area contributed by atoms with E-state index in [1.165, 1.54) is 29.0 Å². The SMILES string of the molecule is COc1ccccc1-c1cccc2c1[P+](CCC(C)C)(C(C)(C)C)CO2. The molecular weight excluding hydrogens is 339 g/mol. The first-order valence-electron chi connectivity index (χ1n) is 9.57. The number of fused-ring (bicyclic) bond motifs is 1. The normalized spacial score (nSPS) is 19.3. The predicted octanol–water partition coefficient (Wildman–Crippen LogP) is 6.20. The zero-order valence-corrected chi connectivity index (χ0v) is 17.9. The average molecular weight is 371 g/mol. The maximum atomic E-state index is 6.32. The van der Waals surface area contributed by atoms with Crippen LogP contribution in [0, 0.1) is 5.92 Å². The van der Waals surface area contributed by atoms with Crippen molar-refractivity contribution in [3.63, 3.8) is 0 Å². The topological polar surface area (TPSA) is 18.5 Å². The van der Waals surface area contributed by atoms with Gasteiger partial charge in [-0.05, 0) is 51.3 Å². The first-order valence-corrected chi connectivity index (χ1v) is 11.7. The largest absolute Gasteiger partial charge is 0.496 e. The number of hydrogen-bond donors (Lipinski definition) is 0. The molecule has 0 fully saturated rings. The molecule has 1 heterocycles. The molecule has 2 nitrogen and oxygen atoms in total. The molecule has 0 aromatic heterocycles. The van der Waals surface area contributed by atoms with Gasteiger partial charge >= 0.3 is 0 Å². The summed E-state index contributed by atoms with van der Waals surface area (Å²) >= 11 is 0. The van der Waals surface area contributed by atoms with Gasteiger partial charge in [0.2, 0.25) is 6.35 Å². The Morgan fingerprint density at radius 3 is 2.38 bits per heavy atom. The van der Waals surface area contributed by atoms with Gasteiger partial charge in [-0.1, -0.05) is 38.1 Å². The van der Waals surface area contributed by atoms with Crippen molar-refractivity contribution in [1.29, 1.82) is 0 Å². The standard InChI is InChI=1S/C23H32O2P/c1-17(2)14-15-26(23(3,4)5)16-25-21-13-9-11-19(22(21)26)18-10-7-8-12-20(18)24-6/h7-13,17H,14-16H2,1-6H3/q+1. The second kappa shape index (κ2) is 7.24. The zero-order chi connectivity index (χ0) is 18.9. The van der Waals surface area contributed by atoms with Crippen molar-refractivity contribution in [3.05, 3.63) is 42.5 Å². The molecule has 3 rings (SSSR count). The van der Waals surface area contributed by atoms with Crippen LogP contribution in [0.25, 0.3) is 11.1 Å². The predicted molar refractivity (Wildman–Crippen MR) is 115 cm³/mol.